The average molecular weight is 376 g/mol. The first kappa shape index (κ1) is 19.0. The second-order valence-corrected chi connectivity index (χ2v) is 6.49. The van der Waals surface area contributed by atoms with Gasteiger partial charge in [-0.15, -0.1) is 0 Å². The SMILES string of the molecule is CC(=O)NCCNC(=O)C(=O)N1CCN(Cc2ccc3c(c2)OCO3)CC1. The third kappa shape index (κ3) is 5.10. The molecule has 0 spiro atoms. The van der Waals surface area contributed by atoms with E-state index in [1.807, 2.05) is 18.2 Å². The Morgan fingerprint density at radius 3 is 2.44 bits per heavy atom. The summed E-state index contributed by atoms with van der Waals surface area (Å²) in [5, 5.41) is 5.09. The maximum absolute atomic E-state index is 12.2. The number of nitrogens with zero attached hydrogens (tertiary/aromatic N) is 2. The Bertz CT molecular complexity index is 716. The van der Waals surface area contributed by atoms with Gasteiger partial charge in [-0.3, -0.25) is 19.3 Å². The minimum Gasteiger partial charge on any atom is -0.454 e. The Morgan fingerprint density at radius 2 is 1.70 bits per heavy atom. The summed E-state index contributed by atoms with van der Waals surface area (Å²) in [6.07, 6.45) is 0. The first-order valence-corrected chi connectivity index (χ1v) is 8.95. The fraction of sp³-hybridized carbons (Fsp3) is 0.500. The molecule has 9 nitrogen and oxygen atoms in total. The predicted molar refractivity (Wildman–Crippen MR) is 96.1 cm³/mol. The highest BCUT2D eigenvalue weighted by atomic mass is 16.7. The average Bonchev–Trinajstić information content (AvgIpc) is 3.13. The lowest BCUT2D eigenvalue weighted by molar-refractivity contribution is -0.147. The second kappa shape index (κ2) is 8.72. The highest BCUT2D eigenvalue weighted by Crippen LogP contribution is 2.32. The number of nitrogens with one attached hydrogen (secondary N) is 2. The summed E-state index contributed by atoms with van der Waals surface area (Å²) in [5.74, 6) is 0.190. The maximum Gasteiger partial charge on any atom is 0.311 e. The van der Waals surface area contributed by atoms with Gasteiger partial charge in [0.05, 0.1) is 0 Å². The van der Waals surface area contributed by atoms with Gasteiger partial charge in [-0.2, -0.15) is 0 Å². The summed E-state index contributed by atoms with van der Waals surface area (Å²) in [6, 6.07) is 5.89. The molecule has 9 heteroatoms. The van der Waals surface area contributed by atoms with Gasteiger partial charge >= 0.3 is 11.8 Å². The monoisotopic (exact) mass is 376 g/mol. The molecule has 0 radical (unpaired) electrons. The van der Waals surface area contributed by atoms with Crippen molar-refractivity contribution in [3.63, 3.8) is 0 Å². The van der Waals surface area contributed by atoms with Gasteiger partial charge < -0.3 is 25.0 Å². The lowest BCUT2D eigenvalue weighted by Crippen LogP contribution is -2.52. The van der Waals surface area contributed by atoms with Crippen molar-refractivity contribution in [3.8, 4) is 11.5 Å². The van der Waals surface area contributed by atoms with E-state index in [2.05, 4.69) is 15.5 Å². The van der Waals surface area contributed by atoms with Gasteiger partial charge in [0.1, 0.15) is 0 Å². The molecule has 3 rings (SSSR count). The zero-order chi connectivity index (χ0) is 19.2. The molecule has 1 aromatic carbocycles. The number of benzene rings is 1. The van der Waals surface area contributed by atoms with Crippen molar-refractivity contribution in [2.24, 2.45) is 0 Å². The van der Waals surface area contributed by atoms with E-state index >= 15 is 0 Å². The predicted octanol–water partition coefficient (Wildman–Crippen LogP) is -0.688. The van der Waals surface area contributed by atoms with Crippen molar-refractivity contribution in [1.29, 1.82) is 0 Å². The number of carbonyl (C=O) groups is 3. The summed E-state index contributed by atoms with van der Waals surface area (Å²) in [6.45, 7) is 5.33. The molecule has 2 heterocycles. The summed E-state index contributed by atoms with van der Waals surface area (Å²) < 4.78 is 10.7. The number of ether oxygens (including phenoxy) is 2. The molecule has 2 aliphatic rings. The number of rotatable bonds is 5. The second-order valence-electron chi connectivity index (χ2n) is 6.49. The lowest BCUT2D eigenvalue weighted by Gasteiger charge is -2.34. The summed E-state index contributed by atoms with van der Waals surface area (Å²) in [7, 11) is 0. The highest BCUT2D eigenvalue weighted by Gasteiger charge is 2.26. The van der Waals surface area contributed by atoms with Crippen LogP contribution in [0, 0.1) is 0 Å². The van der Waals surface area contributed by atoms with Crippen molar-refractivity contribution in [2.75, 3.05) is 46.1 Å². The molecule has 0 unspecified atom stereocenters. The van der Waals surface area contributed by atoms with Crippen LogP contribution in [0.5, 0.6) is 11.5 Å². The third-order valence-corrected chi connectivity index (χ3v) is 4.48. The lowest BCUT2D eigenvalue weighted by atomic mass is 10.1. The van der Waals surface area contributed by atoms with Crippen molar-refractivity contribution in [1.82, 2.24) is 20.4 Å². The number of hydrogen-bond acceptors (Lipinski definition) is 6. The summed E-state index contributed by atoms with van der Waals surface area (Å²) >= 11 is 0. The van der Waals surface area contributed by atoms with E-state index in [1.54, 1.807) is 4.90 Å². The molecular weight excluding hydrogens is 352 g/mol. The summed E-state index contributed by atoms with van der Waals surface area (Å²) in [5.41, 5.74) is 1.12. The first-order chi connectivity index (χ1) is 13.0. The van der Waals surface area contributed by atoms with Crippen molar-refractivity contribution >= 4 is 17.7 Å². The van der Waals surface area contributed by atoms with Crippen molar-refractivity contribution in [2.45, 2.75) is 13.5 Å². The van der Waals surface area contributed by atoms with Crippen molar-refractivity contribution < 1.29 is 23.9 Å². The number of fused-ring (bicyclic) bond motifs is 1. The molecule has 0 bridgehead atoms. The zero-order valence-electron chi connectivity index (χ0n) is 15.3. The standard InChI is InChI=1S/C18H24N4O5/c1-13(23)19-4-5-20-17(24)18(25)22-8-6-21(7-9-22)11-14-2-3-15-16(10-14)27-12-26-15/h2-3,10H,4-9,11-12H2,1H3,(H,19,23)(H,20,24). The quantitative estimate of drug-likeness (QED) is 0.521. The molecule has 146 valence electrons. The third-order valence-electron chi connectivity index (χ3n) is 4.48. The number of piperazine rings is 1. The molecule has 2 N–H and O–H groups in total. The van der Waals surface area contributed by atoms with Crippen LogP contribution in [0.2, 0.25) is 0 Å². The van der Waals surface area contributed by atoms with Crippen LogP contribution in [0.15, 0.2) is 18.2 Å². The molecule has 0 saturated carbocycles. The largest absolute Gasteiger partial charge is 0.454 e. The Labute approximate surface area is 157 Å². The number of amides is 3. The van der Waals surface area contributed by atoms with Crippen LogP contribution in [0.3, 0.4) is 0 Å². The number of hydrogen-bond donors (Lipinski definition) is 2. The number of carbonyl (C=O) groups excluding carboxylic acids is 3. The smallest absolute Gasteiger partial charge is 0.311 e. The highest BCUT2D eigenvalue weighted by molar-refractivity contribution is 6.35. The van der Waals surface area contributed by atoms with Crippen molar-refractivity contribution in [3.05, 3.63) is 23.8 Å². The van der Waals surface area contributed by atoms with Crippen LogP contribution >= 0.6 is 0 Å². The Hall–Kier alpha value is -2.81. The molecular formula is C18H24N4O5. The molecule has 0 atom stereocenters. The van der Waals surface area contributed by atoms with E-state index in [4.69, 9.17) is 9.47 Å². The van der Waals surface area contributed by atoms with Crippen LogP contribution in [0.4, 0.5) is 0 Å². The van der Waals surface area contributed by atoms with Gasteiger partial charge in [0, 0.05) is 52.7 Å². The Kier molecular flexibility index (Phi) is 6.12. The molecule has 0 aromatic heterocycles. The van der Waals surface area contributed by atoms with Gasteiger partial charge in [0.25, 0.3) is 0 Å². The Morgan fingerprint density at radius 1 is 1.00 bits per heavy atom. The van der Waals surface area contributed by atoms with E-state index in [0.717, 1.165) is 23.6 Å². The topological polar surface area (TPSA) is 100 Å². The molecule has 0 aliphatic carbocycles. The molecule has 1 saturated heterocycles. The van der Waals surface area contributed by atoms with Gasteiger partial charge in [0.2, 0.25) is 12.7 Å². The van der Waals surface area contributed by atoms with Crippen LogP contribution < -0.4 is 20.1 Å². The molecule has 2 aliphatic heterocycles. The van der Waals surface area contributed by atoms with E-state index < -0.39 is 11.8 Å². The normalized spacial score (nSPS) is 16.1. The van der Waals surface area contributed by atoms with E-state index in [1.165, 1.54) is 6.92 Å². The minimum absolute atomic E-state index is 0.172. The fourth-order valence-electron chi connectivity index (χ4n) is 3.04. The minimum atomic E-state index is -0.635. The molecule has 1 fully saturated rings. The first-order valence-electron chi connectivity index (χ1n) is 8.95. The molecule has 3 amide bonds. The van der Waals surface area contributed by atoms with E-state index in [9.17, 15) is 14.4 Å². The van der Waals surface area contributed by atoms with Gasteiger partial charge in [-0.1, -0.05) is 6.07 Å². The van der Waals surface area contributed by atoms with Gasteiger partial charge in [-0.05, 0) is 17.7 Å². The Balaban J connectivity index is 1.41. The fourth-order valence-corrected chi connectivity index (χ4v) is 3.04. The molecule has 1 aromatic rings. The van der Waals surface area contributed by atoms with Crippen LogP contribution in [0.25, 0.3) is 0 Å². The zero-order valence-corrected chi connectivity index (χ0v) is 15.3. The van der Waals surface area contributed by atoms with Crippen LogP contribution in [0.1, 0.15) is 12.5 Å². The summed E-state index contributed by atoms with van der Waals surface area (Å²) in [4.78, 5) is 38.7. The van der Waals surface area contributed by atoms with Crippen LogP contribution in [-0.2, 0) is 20.9 Å². The molecule has 27 heavy (non-hydrogen) atoms. The van der Waals surface area contributed by atoms with E-state index in [-0.39, 0.29) is 19.2 Å². The van der Waals surface area contributed by atoms with Gasteiger partial charge in [-0.25, -0.2) is 0 Å². The van der Waals surface area contributed by atoms with E-state index in [0.29, 0.717) is 32.7 Å². The van der Waals surface area contributed by atoms with Crippen LogP contribution in [-0.4, -0.2) is 73.6 Å². The maximum atomic E-state index is 12.2. The van der Waals surface area contributed by atoms with Gasteiger partial charge in [0.15, 0.2) is 11.5 Å².